The molecule has 1 aromatic rings. The minimum Gasteiger partial charge on any atom is -0.294 e. The summed E-state index contributed by atoms with van der Waals surface area (Å²) in [7, 11) is 0. The molecule has 0 radical (unpaired) electrons. The monoisotopic (exact) mass is 314 g/mol. The lowest BCUT2D eigenvalue weighted by Gasteiger charge is -2.22. The molecule has 1 aliphatic rings. The van der Waals surface area contributed by atoms with Crippen molar-refractivity contribution in [2.75, 3.05) is 0 Å². The van der Waals surface area contributed by atoms with Crippen LogP contribution in [-0.2, 0) is 0 Å². The molecule has 2 rings (SSSR count). The number of Topliss-reactive ketones (excluding diaryl/α,β-unsaturated/α-hetero) is 1. The molecule has 0 aliphatic heterocycles. The van der Waals surface area contributed by atoms with Crippen molar-refractivity contribution in [3.8, 4) is 0 Å². The third-order valence-electron chi connectivity index (χ3n) is 5.46. The lowest BCUT2D eigenvalue weighted by molar-refractivity contribution is 0.0922. The van der Waals surface area contributed by atoms with E-state index in [4.69, 9.17) is 0 Å². The zero-order valence-electron chi connectivity index (χ0n) is 15.2. The third kappa shape index (κ3) is 5.79. The Balaban J connectivity index is 1.81. The van der Waals surface area contributed by atoms with Crippen LogP contribution in [-0.4, -0.2) is 5.78 Å². The van der Waals surface area contributed by atoms with Gasteiger partial charge in [0, 0.05) is 11.5 Å². The summed E-state index contributed by atoms with van der Waals surface area (Å²) >= 11 is 0. The Morgan fingerprint density at radius 2 is 1.65 bits per heavy atom. The SMILES string of the molecule is CCCCCCCC(C)C(=O)c1ccc(C2CCCCC2)cc1. The number of benzene rings is 1. The standard InChI is InChI=1S/C22H34O/c1-3-4-5-6-8-11-18(2)22(23)21-16-14-20(15-17-21)19-12-9-7-10-13-19/h14-19H,3-13H2,1-2H3. The van der Waals surface area contributed by atoms with E-state index in [1.807, 2.05) is 0 Å². The summed E-state index contributed by atoms with van der Waals surface area (Å²) < 4.78 is 0. The molecule has 1 nitrogen and oxygen atoms in total. The van der Waals surface area contributed by atoms with Gasteiger partial charge >= 0.3 is 0 Å². The van der Waals surface area contributed by atoms with Crippen molar-refractivity contribution in [2.24, 2.45) is 5.92 Å². The number of hydrogen-bond acceptors (Lipinski definition) is 1. The van der Waals surface area contributed by atoms with E-state index >= 15 is 0 Å². The molecule has 1 atom stereocenters. The fraction of sp³-hybridized carbons (Fsp3) is 0.682. The zero-order valence-corrected chi connectivity index (χ0v) is 15.2. The molecule has 1 heteroatoms. The summed E-state index contributed by atoms with van der Waals surface area (Å²) in [5.74, 6) is 1.22. The fourth-order valence-corrected chi connectivity index (χ4v) is 3.83. The molecule has 0 saturated heterocycles. The number of rotatable bonds is 9. The maximum Gasteiger partial charge on any atom is 0.165 e. The smallest absolute Gasteiger partial charge is 0.165 e. The summed E-state index contributed by atoms with van der Waals surface area (Å²) in [4.78, 5) is 12.6. The van der Waals surface area contributed by atoms with Crippen molar-refractivity contribution < 1.29 is 4.79 Å². The van der Waals surface area contributed by atoms with Crippen LogP contribution in [0.5, 0.6) is 0 Å². The van der Waals surface area contributed by atoms with Crippen molar-refractivity contribution >= 4 is 5.78 Å². The number of carbonyl (C=O) groups is 1. The van der Waals surface area contributed by atoms with Gasteiger partial charge in [-0.15, -0.1) is 0 Å². The highest BCUT2D eigenvalue weighted by Crippen LogP contribution is 2.32. The van der Waals surface area contributed by atoms with E-state index in [1.165, 1.54) is 69.8 Å². The molecule has 1 unspecified atom stereocenters. The van der Waals surface area contributed by atoms with Crippen molar-refractivity contribution in [1.29, 1.82) is 0 Å². The molecule has 0 N–H and O–H groups in total. The number of hydrogen-bond donors (Lipinski definition) is 0. The van der Waals surface area contributed by atoms with Gasteiger partial charge in [0.2, 0.25) is 0 Å². The average molecular weight is 315 g/mol. The minimum absolute atomic E-state index is 0.164. The highest BCUT2D eigenvalue weighted by molar-refractivity contribution is 5.97. The van der Waals surface area contributed by atoms with Crippen molar-refractivity contribution in [1.82, 2.24) is 0 Å². The van der Waals surface area contributed by atoms with E-state index in [0.717, 1.165) is 17.9 Å². The average Bonchev–Trinajstić information content (AvgIpc) is 2.61. The normalized spacial score (nSPS) is 17.1. The predicted octanol–water partition coefficient (Wildman–Crippen LogP) is 6.91. The Hall–Kier alpha value is -1.11. The van der Waals surface area contributed by atoms with E-state index in [0.29, 0.717) is 5.78 Å². The highest BCUT2D eigenvalue weighted by atomic mass is 16.1. The van der Waals surface area contributed by atoms with Gasteiger partial charge in [-0.05, 0) is 30.7 Å². The van der Waals surface area contributed by atoms with Crippen LogP contribution in [0.3, 0.4) is 0 Å². The van der Waals surface area contributed by atoms with Crippen LogP contribution in [0.4, 0.5) is 0 Å². The van der Waals surface area contributed by atoms with Gasteiger partial charge in [0.25, 0.3) is 0 Å². The minimum atomic E-state index is 0.164. The maximum atomic E-state index is 12.6. The van der Waals surface area contributed by atoms with Gasteiger partial charge in [0.05, 0.1) is 0 Å². The predicted molar refractivity (Wildman–Crippen MR) is 99.1 cm³/mol. The Morgan fingerprint density at radius 1 is 1.00 bits per heavy atom. The first-order valence-electron chi connectivity index (χ1n) is 9.86. The molecule has 128 valence electrons. The first-order chi connectivity index (χ1) is 11.2. The second-order valence-electron chi connectivity index (χ2n) is 7.43. The molecule has 1 aliphatic carbocycles. The second kappa shape index (κ2) is 9.90. The lowest BCUT2D eigenvalue weighted by atomic mass is 9.83. The Kier molecular flexibility index (Phi) is 7.85. The Bertz CT molecular complexity index is 453. The molecule has 0 amide bonds. The second-order valence-corrected chi connectivity index (χ2v) is 7.43. The summed E-state index contributed by atoms with van der Waals surface area (Å²) in [5.41, 5.74) is 2.35. The molecular weight excluding hydrogens is 280 g/mol. The van der Waals surface area contributed by atoms with Gasteiger partial charge in [0.15, 0.2) is 5.78 Å². The topological polar surface area (TPSA) is 17.1 Å². The molecule has 23 heavy (non-hydrogen) atoms. The van der Waals surface area contributed by atoms with Crippen LogP contribution in [0.1, 0.15) is 106 Å². The van der Waals surface area contributed by atoms with Crippen LogP contribution in [0, 0.1) is 5.92 Å². The van der Waals surface area contributed by atoms with E-state index in [-0.39, 0.29) is 5.92 Å². The van der Waals surface area contributed by atoms with Crippen molar-refractivity contribution in [3.63, 3.8) is 0 Å². The summed E-state index contributed by atoms with van der Waals surface area (Å²) in [6, 6.07) is 8.55. The van der Waals surface area contributed by atoms with Crippen molar-refractivity contribution in [3.05, 3.63) is 35.4 Å². The molecule has 0 aromatic heterocycles. The molecule has 1 aromatic carbocycles. The number of ketones is 1. The molecular formula is C22H34O. The van der Waals surface area contributed by atoms with Gasteiger partial charge in [-0.3, -0.25) is 4.79 Å². The summed E-state index contributed by atoms with van der Waals surface area (Å²) in [6.45, 7) is 4.33. The summed E-state index contributed by atoms with van der Waals surface area (Å²) in [5, 5.41) is 0. The van der Waals surface area contributed by atoms with E-state index < -0.39 is 0 Å². The molecule has 0 bridgehead atoms. The number of carbonyl (C=O) groups excluding carboxylic acids is 1. The van der Waals surface area contributed by atoms with Gasteiger partial charge in [-0.2, -0.15) is 0 Å². The third-order valence-corrected chi connectivity index (χ3v) is 5.46. The van der Waals surface area contributed by atoms with E-state index in [1.54, 1.807) is 0 Å². The first-order valence-corrected chi connectivity index (χ1v) is 9.86. The van der Waals surface area contributed by atoms with Crippen LogP contribution < -0.4 is 0 Å². The summed E-state index contributed by atoms with van der Waals surface area (Å²) in [6.07, 6.45) is 14.2. The molecule has 1 fully saturated rings. The van der Waals surface area contributed by atoms with Crippen LogP contribution in [0.15, 0.2) is 24.3 Å². The molecule has 0 heterocycles. The van der Waals surface area contributed by atoms with Gasteiger partial charge in [-0.25, -0.2) is 0 Å². The molecule has 1 saturated carbocycles. The largest absolute Gasteiger partial charge is 0.294 e. The van der Waals surface area contributed by atoms with E-state index in [9.17, 15) is 4.79 Å². The Morgan fingerprint density at radius 3 is 2.30 bits per heavy atom. The quantitative estimate of drug-likeness (QED) is 0.357. The van der Waals surface area contributed by atoms with Crippen LogP contribution in [0.25, 0.3) is 0 Å². The number of unbranched alkanes of at least 4 members (excludes halogenated alkanes) is 4. The van der Waals surface area contributed by atoms with Crippen LogP contribution >= 0.6 is 0 Å². The highest BCUT2D eigenvalue weighted by Gasteiger charge is 2.18. The van der Waals surface area contributed by atoms with Gasteiger partial charge < -0.3 is 0 Å². The van der Waals surface area contributed by atoms with E-state index in [2.05, 4.69) is 38.1 Å². The Labute approximate surface area is 142 Å². The molecule has 0 spiro atoms. The fourth-order valence-electron chi connectivity index (χ4n) is 3.83. The maximum absolute atomic E-state index is 12.6. The van der Waals surface area contributed by atoms with Gasteiger partial charge in [-0.1, -0.05) is 89.5 Å². The lowest BCUT2D eigenvalue weighted by Crippen LogP contribution is -2.12. The van der Waals surface area contributed by atoms with Crippen molar-refractivity contribution in [2.45, 2.75) is 90.4 Å². The van der Waals surface area contributed by atoms with Crippen LogP contribution in [0.2, 0.25) is 0 Å². The zero-order chi connectivity index (χ0) is 16.5. The van der Waals surface area contributed by atoms with Gasteiger partial charge in [0.1, 0.15) is 0 Å². The first kappa shape index (κ1) is 18.2.